The predicted octanol–water partition coefficient (Wildman–Crippen LogP) is 1.29. The van der Waals surface area contributed by atoms with Gasteiger partial charge < -0.3 is 10.1 Å². The zero-order valence-electron chi connectivity index (χ0n) is 8.19. The number of para-hydroxylation sites is 1. The Labute approximate surface area is 86.5 Å². The maximum absolute atomic E-state index is 10.8. The van der Waals surface area contributed by atoms with Crippen molar-refractivity contribution in [1.82, 2.24) is 5.32 Å². The Morgan fingerprint density at radius 2 is 2.20 bits per heavy atom. The van der Waals surface area contributed by atoms with Crippen LogP contribution in [0.1, 0.15) is 5.56 Å². The van der Waals surface area contributed by atoms with Gasteiger partial charge in [-0.05, 0) is 6.07 Å². The van der Waals surface area contributed by atoms with E-state index in [0.29, 0.717) is 12.2 Å². The lowest BCUT2D eigenvalue weighted by molar-refractivity contribution is -0.430. The standard InChI is InChI=1S/C10H10N2O3/c1-11-10-8(12(13)14)6-7-4-2-3-5-9(7)15-10/h2-5,11H,6H2,1H3. The number of hydrogen-bond donors (Lipinski definition) is 1. The molecule has 1 heterocycles. The van der Waals surface area contributed by atoms with Crippen LogP contribution in [-0.4, -0.2) is 12.0 Å². The normalized spacial score (nSPS) is 14.2. The summed E-state index contributed by atoms with van der Waals surface area (Å²) in [6, 6.07) is 7.29. The Kier molecular flexibility index (Phi) is 2.29. The van der Waals surface area contributed by atoms with Crippen molar-refractivity contribution < 1.29 is 9.66 Å². The number of rotatable bonds is 2. The van der Waals surface area contributed by atoms with Crippen LogP contribution in [0.3, 0.4) is 0 Å². The maximum atomic E-state index is 10.8. The van der Waals surface area contributed by atoms with Gasteiger partial charge in [-0.25, -0.2) is 0 Å². The van der Waals surface area contributed by atoms with Gasteiger partial charge in [0.15, 0.2) is 0 Å². The molecule has 2 rings (SSSR count). The number of hydrogen-bond acceptors (Lipinski definition) is 4. The van der Waals surface area contributed by atoms with Gasteiger partial charge in [-0.3, -0.25) is 10.1 Å². The second-order valence-electron chi connectivity index (χ2n) is 3.17. The molecule has 0 aliphatic carbocycles. The Bertz CT molecular complexity index is 440. The van der Waals surface area contributed by atoms with Gasteiger partial charge in [0.1, 0.15) is 5.75 Å². The SMILES string of the molecule is CNC1=C([N+](=O)[O-])Cc2ccccc2O1. The smallest absolute Gasteiger partial charge is 0.310 e. The zero-order chi connectivity index (χ0) is 10.8. The van der Waals surface area contributed by atoms with Gasteiger partial charge in [0.25, 0.3) is 5.88 Å². The minimum Gasteiger partial charge on any atom is -0.435 e. The molecule has 0 aromatic heterocycles. The van der Waals surface area contributed by atoms with Crippen LogP contribution in [0.4, 0.5) is 0 Å². The first kappa shape index (κ1) is 9.51. The molecule has 0 unspecified atom stereocenters. The van der Waals surface area contributed by atoms with Crippen LogP contribution >= 0.6 is 0 Å². The minimum absolute atomic E-state index is 0.0659. The van der Waals surface area contributed by atoms with E-state index < -0.39 is 4.92 Å². The second kappa shape index (κ2) is 3.61. The number of nitro groups is 1. The van der Waals surface area contributed by atoms with E-state index in [2.05, 4.69) is 5.32 Å². The highest BCUT2D eigenvalue weighted by molar-refractivity contribution is 5.39. The summed E-state index contributed by atoms with van der Waals surface area (Å²) in [6.07, 6.45) is 0.291. The quantitative estimate of drug-likeness (QED) is 0.585. The number of allylic oxidation sites excluding steroid dienone is 1. The van der Waals surface area contributed by atoms with Crippen molar-refractivity contribution in [3.05, 3.63) is 51.5 Å². The van der Waals surface area contributed by atoms with Gasteiger partial charge in [0.05, 0.1) is 11.3 Å². The lowest BCUT2D eigenvalue weighted by atomic mass is 10.1. The fourth-order valence-corrected chi connectivity index (χ4v) is 1.52. The van der Waals surface area contributed by atoms with Gasteiger partial charge in [0.2, 0.25) is 0 Å². The molecule has 5 nitrogen and oxygen atoms in total. The molecule has 1 aromatic carbocycles. The van der Waals surface area contributed by atoms with Crippen molar-refractivity contribution in [2.24, 2.45) is 0 Å². The molecule has 1 aromatic rings. The summed E-state index contributed by atoms with van der Waals surface area (Å²) in [6.45, 7) is 0. The zero-order valence-corrected chi connectivity index (χ0v) is 8.19. The summed E-state index contributed by atoms with van der Waals surface area (Å²) in [4.78, 5) is 10.3. The van der Waals surface area contributed by atoms with Crippen molar-refractivity contribution in [2.45, 2.75) is 6.42 Å². The third-order valence-corrected chi connectivity index (χ3v) is 2.25. The van der Waals surface area contributed by atoms with Gasteiger partial charge in [-0.1, -0.05) is 18.2 Å². The van der Waals surface area contributed by atoms with E-state index in [0.717, 1.165) is 5.56 Å². The fraction of sp³-hybridized carbons (Fsp3) is 0.200. The summed E-state index contributed by atoms with van der Waals surface area (Å²) in [5.41, 5.74) is 0.902. The van der Waals surface area contributed by atoms with Gasteiger partial charge in [-0.15, -0.1) is 0 Å². The molecule has 5 heteroatoms. The van der Waals surface area contributed by atoms with E-state index in [9.17, 15) is 10.1 Å². The summed E-state index contributed by atoms with van der Waals surface area (Å²) < 4.78 is 5.38. The average Bonchev–Trinajstić information content (AvgIpc) is 2.27. The fourth-order valence-electron chi connectivity index (χ4n) is 1.52. The Morgan fingerprint density at radius 1 is 1.47 bits per heavy atom. The molecule has 1 aliphatic rings. The van der Waals surface area contributed by atoms with Crippen LogP contribution < -0.4 is 10.1 Å². The van der Waals surface area contributed by atoms with Crippen molar-refractivity contribution >= 4 is 0 Å². The molecule has 1 N–H and O–H groups in total. The molecule has 0 spiro atoms. The minimum atomic E-state index is -0.415. The van der Waals surface area contributed by atoms with E-state index >= 15 is 0 Å². The molecule has 1 aliphatic heterocycles. The first-order valence-electron chi connectivity index (χ1n) is 4.53. The van der Waals surface area contributed by atoms with Crippen molar-refractivity contribution in [3.63, 3.8) is 0 Å². The first-order valence-corrected chi connectivity index (χ1v) is 4.53. The molecule has 0 radical (unpaired) electrons. The van der Waals surface area contributed by atoms with Crippen molar-refractivity contribution in [2.75, 3.05) is 7.05 Å². The van der Waals surface area contributed by atoms with Crippen LogP contribution in [0.2, 0.25) is 0 Å². The van der Waals surface area contributed by atoms with Crippen molar-refractivity contribution in [3.8, 4) is 5.75 Å². The highest BCUT2D eigenvalue weighted by Gasteiger charge is 2.27. The van der Waals surface area contributed by atoms with E-state index in [1.165, 1.54) is 0 Å². The van der Waals surface area contributed by atoms with Crippen LogP contribution in [0.15, 0.2) is 35.8 Å². The monoisotopic (exact) mass is 206 g/mol. The first-order chi connectivity index (χ1) is 7.22. The molecule has 0 fully saturated rings. The Balaban J connectivity index is 2.42. The Morgan fingerprint density at radius 3 is 2.87 bits per heavy atom. The topological polar surface area (TPSA) is 64.4 Å². The van der Waals surface area contributed by atoms with E-state index in [1.54, 1.807) is 13.1 Å². The van der Waals surface area contributed by atoms with Crippen molar-refractivity contribution in [1.29, 1.82) is 0 Å². The van der Waals surface area contributed by atoms with Crippen LogP contribution in [0, 0.1) is 10.1 Å². The average molecular weight is 206 g/mol. The molecule has 0 amide bonds. The van der Waals surface area contributed by atoms with E-state index in [1.807, 2.05) is 18.2 Å². The van der Waals surface area contributed by atoms with Crippen LogP contribution in [-0.2, 0) is 6.42 Å². The third kappa shape index (κ3) is 1.63. The van der Waals surface area contributed by atoms with E-state index in [-0.39, 0.29) is 11.6 Å². The molecule has 78 valence electrons. The number of benzene rings is 1. The third-order valence-electron chi connectivity index (χ3n) is 2.25. The summed E-state index contributed by atoms with van der Waals surface area (Å²) >= 11 is 0. The molecule has 0 saturated heterocycles. The summed E-state index contributed by atoms with van der Waals surface area (Å²) in [7, 11) is 1.60. The van der Waals surface area contributed by atoms with E-state index in [4.69, 9.17) is 4.74 Å². The summed E-state index contributed by atoms with van der Waals surface area (Å²) in [5.74, 6) is 0.895. The van der Waals surface area contributed by atoms with Crippen LogP contribution in [0.5, 0.6) is 5.75 Å². The second-order valence-corrected chi connectivity index (χ2v) is 3.17. The number of nitrogens with one attached hydrogen (secondary N) is 1. The van der Waals surface area contributed by atoms with Gasteiger partial charge in [-0.2, -0.15) is 0 Å². The number of nitrogens with zero attached hydrogens (tertiary/aromatic N) is 1. The largest absolute Gasteiger partial charge is 0.435 e. The molecule has 0 atom stereocenters. The van der Waals surface area contributed by atoms with Gasteiger partial charge in [0, 0.05) is 12.6 Å². The Hall–Kier alpha value is -2.04. The van der Waals surface area contributed by atoms with Gasteiger partial charge >= 0.3 is 5.70 Å². The maximum Gasteiger partial charge on any atom is 0.310 e. The molecule has 0 bridgehead atoms. The molecular weight excluding hydrogens is 196 g/mol. The lowest BCUT2D eigenvalue weighted by Crippen LogP contribution is -2.23. The highest BCUT2D eigenvalue weighted by Crippen LogP contribution is 2.28. The molecule has 15 heavy (non-hydrogen) atoms. The van der Waals surface area contributed by atoms with Crippen LogP contribution in [0.25, 0.3) is 0 Å². The number of fused-ring (bicyclic) bond motifs is 1. The molecule has 0 saturated carbocycles. The lowest BCUT2D eigenvalue weighted by Gasteiger charge is -2.17. The predicted molar refractivity (Wildman–Crippen MR) is 53.9 cm³/mol. The summed E-state index contributed by atoms with van der Waals surface area (Å²) in [5, 5.41) is 13.5. The number of ether oxygens (including phenoxy) is 1. The highest BCUT2D eigenvalue weighted by atomic mass is 16.6. The molecular formula is C10H10N2O3.